The van der Waals surface area contributed by atoms with E-state index >= 15 is 0 Å². The molecule has 0 amide bonds. The Labute approximate surface area is 76.5 Å². The monoisotopic (exact) mass is 173 g/mol. The van der Waals surface area contributed by atoms with Crippen LogP contribution in [-0.4, -0.2) is 19.3 Å². The first-order chi connectivity index (χ1) is 5.57. The molecular weight excluding hydrogens is 150 g/mol. The second-order valence-electron chi connectivity index (χ2n) is 3.98. The van der Waals surface area contributed by atoms with Gasteiger partial charge in [0.1, 0.15) is 0 Å². The molecule has 0 rings (SSSR count). The lowest BCUT2D eigenvalue weighted by molar-refractivity contribution is 0.0867. The van der Waals surface area contributed by atoms with E-state index in [1.807, 2.05) is 0 Å². The molecule has 0 heterocycles. The SMILES string of the molecule is CCC(C)C(N)COCC(C)C. The van der Waals surface area contributed by atoms with Crippen LogP contribution >= 0.6 is 0 Å². The summed E-state index contributed by atoms with van der Waals surface area (Å²) >= 11 is 0. The van der Waals surface area contributed by atoms with Crippen molar-refractivity contribution >= 4 is 0 Å². The molecule has 0 aliphatic carbocycles. The number of hydrogen-bond acceptors (Lipinski definition) is 2. The van der Waals surface area contributed by atoms with Gasteiger partial charge >= 0.3 is 0 Å². The highest BCUT2D eigenvalue weighted by atomic mass is 16.5. The van der Waals surface area contributed by atoms with Crippen molar-refractivity contribution in [2.45, 2.75) is 40.2 Å². The maximum absolute atomic E-state index is 5.89. The quantitative estimate of drug-likeness (QED) is 0.667. The molecule has 2 nitrogen and oxygen atoms in total. The van der Waals surface area contributed by atoms with Crippen LogP contribution in [0.1, 0.15) is 34.1 Å². The van der Waals surface area contributed by atoms with Gasteiger partial charge in [0.2, 0.25) is 0 Å². The molecule has 2 heteroatoms. The number of ether oxygens (including phenoxy) is 1. The van der Waals surface area contributed by atoms with Gasteiger partial charge in [-0.15, -0.1) is 0 Å². The van der Waals surface area contributed by atoms with Crippen LogP contribution in [0, 0.1) is 11.8 Å². The summed E-state index contributed by atoms with van der Waals surface area (Å²) in [4.78, 5) is 0. The van der Waals surface area contributed by atoms with Gasteiger partial charge in [-0.2, -0.15) is 0 Å². The van der Waals surface area contributed by atoms with Crippen LogP contribution in [-0.2, 0) is 4.74 Å². The molecule has 0 saturated heterocycles. The number of nitrogens with two attached hydrogens (primary N) is 1. The summed E-state index contributed by atoms with van der Waals surface area (Å²) in [5.74, 6) is 1.17. The van der Waals surface area contributed by atoms with E-state index in [1.165, 1.54) is 0 Å². The van der Waals surface area contributed by atoms with E-state index in [0.29, 0.717) is 18.4 Å². The third-order valence-corrected chi connectivity index (χ3v) is 2.14. The van der Waals surface area contributed by atoms with Crippen LogP contribution in [0.2, 0.25) is 0 Å². The zero-order valence-corrected chi connectivity index (χ0v) is 8.84. The molecule has 0 fully saturated rings. The summed E-state index contributed by atoms with van der Waals surface area (Å²) < 4.78 is 5.45. The molecule has 0 aromatic rings. The highest BCUT2D eigenvalue weighted by Crippen LogP contribution is 2.05. The summed E-state index contributed by atoms with van der Waals surface area (Å²) in [6.45, 7) is 10.2. The van der Waals surface area contributed by atoms with Crippen molar-refractivity contribution in [2.24, 2.45) is 17.6 Å². The summed E-state index contributed by atoms with van der Waals surface area (Å²) in [5.41, 5.74) is 5.89. The second kappa shape index (κ2) is 6.44. The fourth-order valence-corrected chi connectivity index (χ4v) is 0.907. The van der Waals surface area contributed by atoms with E-state index in [9.17, 15) is 0 Å². The van der Waals surface area contributed by atoms with E-state index in [2.05, 4.69) is 27.7 Å². The lowest BCUT2D eigenvalue weighted by Crippen LogP contribution is -2.33. The molecule has 0 aromatic carbocycles. The highest BCUT2D eigenvalue weighted by molar-refractivity contribution is 4.66. The predicted molar refractivity (Wildman–Crippen MR) is 53.1 cm³/mol. The molecular formula is C10H23NO. The molecule has 0 aliphatic rings. The minimum absolute atomic E-state index is 0.203. The maximum atomic E-state index is 5.89. The van der Waals surface area contributed by atoms with Gasteiger partial charge in [0.15, 0.2) is 0 Å². The number of hydrogen-bond donors (Lipinski definition) is 1. The lowest BCUT2D eigenvalue weighted by Gasteiger charge is -2.18. The highest BCUT2D eigenvalue weighted by Gasteiger charge is 2.10. The van der Waals surface area contributed by atoms with E-state index < -0.39 is 0 Å². The minimum Gasteiger partial charge on any atom is -0.380 e. The van der Waals surface area contributed by atoms with Crippen molar-refractivity contribution in [1.82, 2.24) is 0 Å². The smallest absolute Gasteiger partial charge is 0.0620 e. The summed E-state index contributed by atoms with van der Waals surface area (Å²) in [6.07, 6.45) is 1.13. The van der Waals surface area contributed by atoms with Crippen LogP contribution in [0.4, 0.5) is 0 Å². The summed E-state index contributed by atoms with van der Waals surface area (Å²) in [6, 6.07) is 0.203. The Hall–Kier alpha value is -0.0800. The fraction of sp³-hybridized carbons (Fsp3) is 1.00. The van der Waals surface area contributed by atoms with Crippen molar-refractivity contribution in [3.8, 4) is 0 Å². The fourth-order valence-electron chi connectivity index (χ4n) is 0.907. The van der Waals surface area contributed by atoms with Crippen molar-refractivity contribution in [1.29, 1.82) is 0 Å². The van der Waals surface area contributed by atoms with E-state index in [0.717, 1.165) is 13.0 Å². The largest absolute Gasteiger partial charge is 0.380 e. The Morgan fingerprint density at radius 1 is 1.17 bits per heavy atom. The van der Waals surface area contributed by atoms with E-state index in [-0.39, 0.29) is 6.04 Å². The third kappa shape index (κ3) is 5.56. The lowest BCUT2D eigenvalue weighted by atomic mass is 10.0. The Bertz CT molecular complexity index is 104. The first kappa shape index (κ1) is 11.9. The van der Waals surface area contributed by atoms with Gasteiger partial charge in [-0.1, -0.05) is 34.1 Å². The van der Waals surface area contributed by atoms with E-state index in [4.69, 9.17) is 10.5 Å². The molecule has 0 saturated carbocycles. The second-order valence-corrected chi connectivity index (χ2v) is 3.98. The molecule has 74 valence electrons. The zero-order valence-electron chi connectivity index (χ0n) is 8.84. The molecule has 2 atom stereocenters. The Kier molecular flexibility index (Phi) is 6.39. The van der Waals surface area contributed by atoms with Crippen molar-refractivity contribution in [3.63, 3.8) is 0 Å². The van der Waals surface area contributed by atoms with Crippen molar-refractivity contribution < 1.29 is 4.74 Å². The summed E-state index contributed by atoms with van der Waals surface area (Å²) in [7, 11) is 0. The maximum Gasteiger partial charge on any atom is 0.0620 e. The van der Waals surface area contributed by atoms with Crippen LogP contribution in [0.15, 0.2) is 0 Å². The molecule has 2 unspecified atom stereocenters. The molecule has 0 spiro atoms. The molecule has 0 bridgehead atoms. The molecule has 0 aromatic heterocycles. The zero-order chi connectivity index (χ0) is 9.56. The molecule has 0 radical (unpaired) electrons. The Morgan fingerprint density at radius 2 is 1.75 bits per heavy atom. The van der Waals surface area contributed by atoms with E-state index in [1.54, 1.807) is 0 Å². The summed E-state index contributed by atoms with van der Waals surface area (Å²) in [5, 5.41) is 0. The standard InChI is InChI=1S/C10H23NO/c1-5-9(4)10(11)7-12-6-8(2)3/h8-10H,5-7,11H2,1-4H3. The van der Waals surface area contributed by atoms with Gasteiger partial charge in [0, 0.05) is 12.6 Å². The first-order valence-electron chi connectivity index (χ1n) is 4.91. The Balaban J connectivity index is 3.37. The van der Waals surface area contributed by atoms with Crippen molar-refractivity contribution in [2.75, 3.05) is 13.2 Å². The number of rotatable bonds is 6. The predicted octanol–water partition coefficient (Wildman–Crippen LogP) is 2.03. The average molecular weight is 173 g/mol. The van der Waals surface area contributed by atoms with Gasteiger partial charge in [0.25, 0.3) is 0 Å². The topological polar surface area (TPSA) is 35.2 Å². The molecule has 0 aliphatic heterocycles. The van der Waals surface area contributed by atoms with Crippen LogP contribution < -0.4 is 5.73 Å². The van der Waals surface area contributed by atoms with Crippen LogP contribution in [0.25, 0.3) is 0 Å². The molecule has 12 heavy (non-hydrogen) atoms. The molecule has 2 N–H and O–H groups in total. The third-order valence-electron chi connectivity index (χ3n) is 2.14. The van der Waals surface area contributed by atoms with Gasteiger partial charge < -0.3 is 10.5 Å². The van der Waals surface area contributed by atoms with Gasteiger partial charge in [-0.05, 0) is 11.8 Å². The average Bonchev–Trinajstić information content (AvgIpc) is 2.02. The minimum atomic E-state index is 0.203. The van der Waals surface area contributed by atoms with Crippen LogP contribution in [0.3, 0.4) is 0 Å². The van der Waals surface area contributed by atoms with Crippen LogP contribution in [0.5, 0.6) is 0 Å². The van der Waals surface area contributed by atoms with Crippen molar-refractivity contribution in [3.05, 3.63) is 0 Å². The normalized spacial score (nSPS) is 16.5. The van der Waals surface area contributed by atoms with Gasteiger partial charge in [-0.25, -0.2) is 0 Å². The first-order valence-corrected chi connectivity index (χ1v) is 4.91. The van der Waals surface area contributed by atoms with Gasteiger partial charge in [0.05, 0.1) is 6.61 Å². The van der Waals surface area contributed by atoms with Gasteiger partial charge in [-0.3, -0.25) is 0 Å². The Morgan fingerprint density at radius 3 is 2.17 bits per heavy atom.